The molecule has 0 bridgehead atoms. The number of halogens is 3. The van der Waals surface area contributed by atoms with Crippen LogP contribution >= 0.6 is 24.0 Å². The molecule has 0 saturated carbocycles. The number of hydrogen-bond donors (Lipinski definition) is 2. The monoisotopic (exact) mass is 386 g/mol. The Labute approximate surface area is 147 Å². The summed E-state index contributed by atoms with van der Waals surface area (Å²) >= 11 is 5.72. The number of rotatable bonds is 6. The fourth-order valence-electron chi connectivity index (χ4n) is 2.65. The van der Waals surface area contributed by atoms with Gasteiger partial charge in [-0.25, -0.2) is 17.5 Å². The van der Waals surface area contributed by atoms with E-state index >= 15 is 0 Å². The van der Waals surface area contributed by atoms with Crippen molar-refractivity contribution in [3.63, 3.8) is 0 Å². The van der Waals surface area contributed by atoms with Crippen LogP contribution < -0.4 is 10.0 Å². The third-order valence-electron chi connectivity index (χ3n) is 3.90. The molecule has 1 fully saturated rings. The molecule has 1 heterocycles. The van der Waals surface area contributed by atoms with Crippen molar-refractivity contribution in [2.24, 2.45) is 5.41 Å². The summed E-state index contributed by atoms with van der Waals surface area (Å²) in [6.45, 7) is 2.36. The number of ether oxygens (including phenoxy) is 1. The van der Waals surface area contributed by atoms with E-state index in [1.54, 1.807) is 7.11 Å². The van der Waals surface area contributed by atoms with Crippen LogP contribution in [0.3, 0.4) is 0 Å². The summed E-state index contributed by atoms with van der Waals surface area (Å²) in [6, 6.07) is 3.26. The zero-order chi connectivity index (χ0) is 16.2. The second-order valence-corrected chi connectivity index (χ2v) is 7.82. The molecule has 0 aromatic heterocycles. The van der Waals surface area contributed by atoms with Crippen LogP contribution in [0.15, 0.2) is 23.1 Å². The molecular formula is C14H21Cl2FN2O3S. The Morgan fingerprint density at radius 1 is 1.35 bits per heavy atom. The van der Waals surface area contributed by atoms with Crippen LogP contribution in [0.1, 0.15) is 12.8 Å². The minimum atomic E-state index is -3.81. The van der Waals surface area contributed by atoms with E-state index < -0.39 is 15.8 Å². The van der Waals surface area contributed by atoms with E-state index in [1.807, 2.05) is 0 Å². The predicted octanol–water partition coefficient (Wildman–Crippen LogP) is 2.20. The van der Waals surface area contributed by atoms with Gasteiger partial charge in [-0.2, -0.15) is 0 Å². The van der Waals surface area contributed by atoms with Gasteiger partial charge in [0.1, 0.15) is 5.82 Å². The smallest absolute Gasteiger partial charge is 0.240 e. The fraction of sp³-hybridized carbons (Fsp3) is 0.571. The Kier molecular flexibility index (Phi) is 7.70. The van der Waals surface area contributed by atoms with E-state index in [1.165, 1.54) is 6.07 Å². The van der Waals surface area contributed by atoms with Crippen LogP contribution in [-0.4, -0.2) is 41.8 Å². The van der Waals surface area contributed by atoms with Gasteiger partial charge in [0.2, 0.25) is 10.0 Å². The lowest BCUT2D eigenvalue weighted by Crippen LogP contribution is -2.47. The topological polar surface area (TPSA) is 67.4 Å². The second kappa shape index (κ2) is 8.60. The zero-order valence-corrected chi connectivity index (χ0v) is 15.2. The lowest BCUT2D eigenvalue weighted by Gasteiger charge is -2.37. The molecule has 9 heteroatoms. The first-order chi connectivity index (χ1) is 10.4. The van der Waals surface area contributed by atoms with E-state index in [0.717, 1.165) is 38.1 Å². The molecule has 5 nitrogen and oxygen atoms in total. The lowest BCUT2D eigenvalue weighted by molar-refractivity contribution is 0.0577. The summed E-state index contributed by atoms with van der Waals surface area (Å²) in [5.41, 5.74) is -0.246. The van der Waals surface area contributed by atoms with Gasteiger partial charge in [-0.15, -0.1) is 12.4 Å². The quantitative estimate of drug-likeness (QED) is 0.786. The molecule has 2 N–H and O–H groups in total. The van der Waals surface area contributed by atoms with E-state index in [-0.39, 0.29) is 34.3 Å². The molecule has 1 aliphatic heterocycles. The van der Waals surface area contributed by atoms with E-state index in [9.17, 15) is 12.8 Å². The molecule has 2 rings (SSSR count). The molecule has 1 aromatic rings. The van der Waals surface area contributed by atoms with E-state index in [0.29, 0.717) is 6.61 Å². The molecule has 0 amide bonds. The maximum Gasteiger partial charge on any atom is 0.240 e. The molecule has 0 radical (unpaired) electrons. The number of hydrogen-bond acceptors (Lipinski definition) is 4. The Bertz CT molecular complexity index is 597. The van der Waals surface area contributed by atoms with Crippen molar-refractivity contribution in [1.82, 2.24) is 10.0 Å². The highest BCUT2D eigenvalue weighted by molar-refractivity contribution is 7.89. The SMILES string of the molecule is COCC1(CNS(=O)(=O)c2cc(F)cc(Cl)c2)CCNCC1.Cl. The van der Waals surface area contributed by atoms with Crippen LogP contribution in [0.2, 0.25) is 5.02 Å². The van der Waals surface area contributed by atoms with Crippen molar-refractivity contribution in [2.75, 3.05) is 33.4 Å². The Morgan fingerprint density at radius 2 is 2.00 bits per heavy atom. The summed E-state index contributed by atoms with van der Waals surface area (Å²) in [7, 11) is -2.21. The Hall–Kier alpha value is -0.440. The highest BCUT2D eigenvalue weighted by atomic mass is 35.5. The summed E-state index contributed by atoms with van der Waals surface area (Å²) in [5.74, 6) is -0.679. The van der Waals surface area contributed by atoms with Crippen molar-refractivity contribution < 1.29 is 17.5 Å². The highest BCUT2D eigenvalue weighted by Crippen LogP contribution is 2.29. The molecule has 0 unspecified atom stereocenters. The summed E-state index contributed by atoms with van der Waals surface area (Å²) in [5, 5.41) is 3.29. The van der Waals surface area contributed by atoms with Gasteiger partial charge in [0.05, 0.1) is 11.5 Å². The van der Waals surface area contributed by atoms with Crippen LogP contribution in [-0.2, 0) is 14.8 Å². The van der Waals surface area contributed by atoms with Crippen LogP contribution in [0, 0.1) is 11.2 Å². The van der Waals surface area contributed by atoms with Crippen molar-refractivity contribution in [3.05, 3.63) is 29.0 Å². The van der Waals surface area contributed by atoms with Crippen LogP contribution in [0.25, 0.3) is 0 Å². The standard InChI is InChI=1S/C14H20ClFN2O3S.ClH/c1-21-10-14(2-4-17-5-3-14)9-18-22(19,20)13-7-11(15)6-12(16)8-13;/h6-8,17-18H,2-5,9-10H2,1H3;1H. The van der Waals surface area contributed by atoms with Crippen LogP contribution in [0.4, 0.5) is 4.39 Å². The summed E-state index contributed by atoms with van der Waals surface area (Å²) < 4.78 is 45.8. The number of nitrogens with one attached hydrogen (secondary N) is 2. The van der Waals surface area contributed by atoms with E-state index in [2.05, 4.69) is 10.0 Å². The van der Waals surface area contributed by atoms with Gasteiger partial charge in [0.15, 0.2) is 0 Å². The van der Waals surface area contributed by atoms with Crippen LogP contribution in [0.5, 0.6) is 0 Å². The summed E-state index contributed by atoms with van der Waals surface area (Å²) in [6.07, 6.45) is 1.63. The molecule has 0 aliphatic carbocycles. The summed E-state index contributed by atoms with van der Waals surface area (Å²) in [4.78, 5) is -0.168. The zero-order valence-electron chi connectivity index (χ0n) is 12.8. The van der Waals surface area contributed by atoms with Crippen molar-refractivity contribution in [1.29, 1.82) is 0 Å². The van der Waals surface area contributed by atoms with Crippen molar-refractivity contribution >= 4 is 34.0 Å². The average molecular weight is 387 g/mol. The molecule has 1 saturated heterocycles. The minimum Gasteiger partial charge on any atom is -0.384 e. The number of piperidine rings is 1. The fourth-order valence-corrected chi connectivity index (χ4v) is 4.15. The minimum absolute atomic E-state index is 0. The Balaban J connectivity index is 0.00000264. The molecule has 1 aliphatic rings. The molecular weight excluding hydrogens is 366 g/mol. The molecule has 0 atom stereocenters. The maximum absolute atomic E-state index is 13.3. The van der Waals surface area contributed by atoms with Gasteiger partial charge in [0.25, 0.3) is 0 Å². The molecule has 1 aromatic carbocycles. The highest BCUT2D eigenvalue weighted by Gasteiger charge is 2.33. The largest absolute Gasteiger partial charge is 0.384 e. The average Bonchev–Trinajstić information content (AvgIpc) is 2.46. The third kappa shape index (κ3) is 5.55. The maximum atomic E-state index is 13.3. The Morgan fingerprint density at radius 3 is 2.57 bits per heavy atom. The first kappa shape index (κ1) is 20.6. The van der Waals surface area contributed by atoms with Gasteiger partial charge in [-0.3, -0.25) is 0 Å². The number of benzene rings is 1. The normalized spacial score (nSPS) is 17.5. The first-order valence-electron chi connectivity index (χ1n) is 7.02. The van der Waals surface area contributed by atoms with Crippen molar-refractivity contribution in [2.45, 2.75) is 17.7 Å². The third-order valence-corrected chi connectivity index (χ3v) is 5.50. The van der Waals surface area contributed by atoms with Gasteiger partial charge >= 0.3 is 0 Å². The van der Waals surface area contributed by atoms with Gasteiger partial charge in [-0.1, -0.05) is 11.6 Å². The second-order valence-electron chi connectivity index (χ2n) is 5.61. The van der Waals surface area contributed by atoms with Gasteiger partial charge in [-0.05, 0) is 44.1 Å². The lowest BCUT2D eigenvalue weighted by atomic mass is 9.80. The predicted molar refractivity (Wildman–Crippen MR) is 90.3 cm³/mol. The van der Waals surface area contributed by atoms with Crippen molar-refractivity contribution in [3.8, 4) is 0 Å². The number of methoxy groups -OCH3 is 1. The molecule has 132 valence electrons. The first-order valence-corrected chi connectivity index (χ1v) is 8.88. The van der Waals surface area contributed by atoms with E-state index in [4.69, 9.17) is 16.3 Å². The molecule has 0 spiro atoms. The number of sulfonamides is 1. The molecule has 23 heavy (non-hydrogen) atoms. The van der Waals surface area contributed by atoms with Gasteiger partial charge < -0.3 is 10.1 Å². The van der Waals surface area contributed by atoms with Gasteiger partial charge in [0, 0.05) is 24.1 Å².